The molecule has 0 aliphatic rings. The van der Waals surface area contributed by atoms with Crippen LogP contribution in [0.1, 0.15) is 5.56 Å². The average molecular weight is 254 g/mol. The van der Waals surface area contributed by atoms with E-state index in [0.29, 0.717) is 0 Å². The summed E-state index contributed by atoms with van der Waals surface area (Å²) < 4.78 is 25.5. The van der Waals surface area contributed by atoms with Crippen LogP contribution in [0.25, 0.3) is 0 Å². The number of halogens is 3. The fourth-order valence-electron chi connectivity index (χ4n) is 0.867. The van der Waals surface area contributed by atoms with E-state index in [1.54, 1.807) is 5.48 Å². The van der Waals surface area contributed by atoms with Gasteiger partial charge in [0.1, 0.15) is 17.4 Å². The molecule has 0 aliphatic carbocycles. The van der Waals surface area contributed by atoms with Crippen molar-refractivity contribution in [1.82, 2.24) is 5.48 Å². The largest absolute Gasteiger partial charge is 0.507 e. The van der Waals surface area contributed by atoms with E-state index >= 15 is 0 Å². The van der Waals surface area contributed by atoms with Crippen molar-refractivity contribution in [3.05, 3.63) is 27.7 Å². The molecule has 0 radical (unpaired) electrons. The van der Waals surface area contributed by atoms with Gasteiger partial charge in [0, 0.05) is 11.6 Å². The zero-order valence-corrected chi connectivity index (χ0v) is 7.90. The summed E-state index contributed by atoms with van der Waals surface area (Å²) in [5.74, 6) is -2.37. The maximum absolute atomic E-state index is 13.1. The summed E-state index contributed by atoms with van der Waals surface area (Å²) in [6, 6.07) is 0.764. The SMILES string of the molecule is ONCc1c(O)cc(F)c(Br)c1F. The first-order valence-corrected chi connectivity index (χ1v) is 4.09. The molecule has 0 saturated heterocycles. The highest BCUT2D eigenvalue weighted by Crippen LogP contribution is 2.29. The van der Waals surface area contributed by atoms with Crippen LogP contribution in [0.5, 0.6) is 5.75 Å². The van der Waals surface area contributed by atoms with Crippen molar-refractivity contribution in [3.63, 3.8) is 0 Å². The van der Waals surface area contributed by atoms with Crippen molar-refractivity contribution in [2.24, 2.45) is 0 Å². The number of rotatable bonds is 2. The quantitative estimate of drug-likeness (QED) is 0.558. The first-order chi connectivity index (χ1) is 6.07. The Kier molecular flexibility index (Phi) is 3.18. The summed E-state index contributed by atoms with van der Waals surface area (Å²) >= 11 is 2.66. The van der Waals surface area contributed by atoms with E-state index in [1.807, 2.05) is 0 Å². The molecule has 1 rings (SSSR count). The van der Waals surface area contributed by atoms with E-state index in [-0.39, 0.29) is 16.6 Å². The molecule has 0 spiro atoms. The molecule has 0 heterocycles. The molecule has 13 heavy (non-hydrogen) atoms. The van der Waals surface area contributed by atoms with E-state index in [2.05, 4.69) is 15.9 Å². The summed E-state index contributed by atoms with van der Waals surface area (Å²) in [5, 5.41) is 17.4. The highest BCUT2D eigenvalue weighted by atomic mass is 79.9. The van der Waals surface area contributed by atoms with Crippen molar-refractivity contribution >= 4 is 15.9 Å². The number of benzene rings is 1. The molecule has 0 unspecified atom stereocenters. The van der Waals surface area contributed by atoms with Crippen LogP contribution in [-0.2, 0) is 6.54 Å². The topological polar surface area (TPSA) is 52.5 Å². The molecule has 0 amide bonds. The Morgan fingerprint density at radius 3 is 2.62 bits per heavy atom. The molecule has 6 heteroatoms. The van der Waals surface area contributed by atoms with Gasteiger partial charge in [-0.05, 0) is 15.9 Å². The van der Waals surface area contributed by atoms with E-state index in [9.17, 15) is 8.78 Å². The van der Waals surface area contributed by atoms with Gasteiger partial charge in [-0.3, -0.25) is 0 Å². The van der Waals surface area contributed by atoms with Crippen molar-refractivity contribution in [3.8, 4) is 5.75 Å². The fraction of sp³-hybridized carbons (Fsp3) is 0.143. The summed E-state index contributed by atoms with van der Waals surface area (Å²) in [6.07, 6.45) is 0. The van der Waals surface area contributed by atoms with Crippen LogP contribution in [0.4, 0.5) is 8.78 Å². The van der Waals surface area contributed by atoms with Gasteiger partial charge in [0.15, 0.2) is 0 Å². The van der Waals surface area contributed by atoms with E-state index < -0.39 is 17.4 Å². The molecule has 72 valence electrons. The van der Waals surface area contributed by atoms with Gasteiger partial charge in [0.25, 0.3) is 0 Å². The minimum atomic E-state index is -0.931. The number of phenols is 1. The Morgan fingerprint density at radius 2 is 2.08 bits per heavy atom. The van der Waals surface area contributed by atoms with Gasteiger partial charge in [-0.1, -0.05) is 0 Å². The van der Waals surface area contributed by atoms with Gasteiger partial charge in [0.2, 0.25) is 0 Å². The summed E-state index contributed by atoms with van der Waals surface area (Å²) in [5.41, 5.74) is 1.47. The Bertz CT molecular complexity index is 333. The first-order valence-electron chi connectivity index (χ1n) is 3.30. The monoisotopic (exact) mass is 253 g/mol. The minimum Gasteiger partial charge on any atom is -0.507 e. The van der Waals surface area contributed by atoms with Crippen molar-refractivity contribution in [2.75, 3.05) is 0 Å². The van der Waals surface area contributed by atoms with E-state index in [0.717, 1.165) is 6.07 Å². The normalized spacial score (nSPS) is 10.5. The van der Waals surface area contributed by atoms with Crippen LogP contribution in [-0.4, -0.2) is 10.3 Å². The van der Waals surface area contributed by atoms with E-state index in [4.69, 9.17) is 10.3 Å². The molecule has 0 fully saturated rings. The third-order valence-corrected chi connectivity index (χ3v) is 2.22. The van der Waals surface area contributed by atoms with Crippen LogP contribution >= 0.6 is 15.9 Å². The molecule has 1 aromatic carbocycles. The van der Waals surface area contributed by atoms with E-state index in [1.165, 1.54) is 0 Å². The lowest BCUT2D eigenvalue weighted by atomic mass is 10.2. The highest BCUT2D eigenvalue weighted by Gasteiger charge is 2.15. The molecule has 0 aromatic heterocycles. The van der Waals surface area contributed by atoms with Crippen molar-refractivity contribution < 1.29 is 19.1 Å². The first kappa shape index (κ1) is 10.4. The molecule has 0 saturated carbocycles. The lowest BCUT2D eigenvalue weighted by Gasteiger charge is -2.06. The van der Waals surface area contributed by atoms with Gasteiger partial charge in [-0.25, -0.2) is 14.3 Å². The van der Waals surface area contributed by atoms with Gasteiger partial charge in [0.05, 0.1) is 11.0 Å². The highest BCUT2D eigenvalue weighted by molar-refractivity contribution is 9.10. The lowest BCUT2D eigenvalue weighted by molar-refractivity contribution is 0.158. The zero-order chi connectivity index (χ0) is 10.0. The second kappa shape index (κ2) is 3.99. The number of hydroxylamine groups is 1. The van der Waals surface area contributed by atoms with Crippen LogP contribution in [0.3, 0.4) is 0 Å². The average Bonchev–Trinajstić information content (AvgIpc) is 2.09. The molecule has 0 atom stereocenters. The number of phenolic OH excluding ortho intramolecular Hbond substituents is 1. The van der Waals surface area contributed by atoms with Gasteiger partial charge in [-0.15, -0.1) is 0 Å². The molecule has 0 bridgehead atoms. The second-order valence-corrected chi connectivity index (χ2v) is 3.11. The maximum atomic E-state index is 13.1. The second-order valence-electron chi connectivity index (χ2n) is 2.32. The number of nitrogens with one attached hydrogen (secondary N) is 1. The number of hydrogen-bond acceptors (Lipinski definition) is 3. The molecular formula is C7H6BrF2NO2. The minimum absolute atomic E-state index is 0.198. The predicted molar refractivity (Wildman–Crippen MR) is 44.3 cm³/mol. The lowest BCUT2D eigenvalue weighted by Crippen LogP contribution is -2.09. The van der Waals surface area contributed by atoms with Gasteiger partial charge < -0.3 is 10.3 Å². The predicted octanol–water partition coefficient (Wildman–Crippen LogP) is 1.91. The number of aromatic hydroxyl groups is 1. The summed E-state index contributed by atoms with van der Waals surface area (Å²) in [6.45, 7) is -0.295. The number of hydrogen-bond donors (Lipinski definition) is 3. The Labute approximate surface area is 81.1 Å². The molecule has 1 aromatic rings. The van der Waals surface area contributed by atoms with Gasteiger partial charge in [-0.2, -0.15) is 0 Å². The molecule has 0 aliphatic heterocycles. The van der Waals surface area contributed by atoms with Crippen LogP contribution in [0.15, 0.2) is 10.5 Å². The Hall–Kier alpha value is -0.720. The fourth-order valence-corrected chi connectivity index (χ4v) is 1.22. The standard InChI is InChI=1S/C7H6BrF2NO2/c8-6-4(9)1-5(12)3(2-11-13)7(6)10/h1,11-13H,2H2. The van der Waals surface area contributed by atoms with Crippen LogP contribution in [0, 0.1) is 11.6 Å². The van der Waals surface area contributed by atoms with Crippen molar-refractivity contribution in [1.29, 1.82) is 0 Å². The Morgan fingerprint density at radius 1 is 1.46 bits per heavy atom. The van der Waals surface area contributed by atoms with Gasteiger partial charge >= 0.3 is 0 Å². The van der Waals surface area contributed by atoms with Crippen LogP contribution < -0.4 is 5.48 Å². The zero-order valence-electron chi connectivity index (χ0n) is 6.31. The third-order valence-electron chi connectivity index (χ3n) is 1.50. The smallest absolute Gasteiger partial charge is 0.148 e. The Balaban J connectivity index is 3.26. The molecule has 3 nitrogen and oxygen atoms in total. The third kappa shape index (κ3) is 1.96. The molecule has 3 N–H and O–H groups in total. The maximum Gasteiger partial charge on any atom is 0.148 e. The van der Waals surface area contributed by atoms with Crippen molar-refractivity contribution in [2.45, 2.75) is 6.54 Å². The summed E-state index contributed by atoms with van der Waals surface area (Å²) in [4.78, 5) is 0. The molecular weight excluding hydrogens is 248 g/mol. The summed E-state index contributed by atoms with van der Waals surface area (Å²) in [7, 11) is 0. The van der Waals surface area contributed by atoms with Crippen LogP contribution in [0.2, 0.25) is 0 Å².